The molecule has 1 aromatic heterocycles. The van der Waals surface area contributed by atoms with Gasteiger partial charge in [-0.15, -0.1) is 0 Å². The summed E-state index contributed by atoms with van der Waals surface area (Å²) in [5.74, 6) is 0. The van der Waals surface area contributed by atoms with Crippen molar-refractivity contribution in [2.75, 3.05) is 6.61 Å². The first-order valence-corrected chi connectivity index (χ1v) is 14.1. The Balaban J connectivity index is 2.25. The molecule has 1 fully saturated rings. The number of aliphatic hydroxyl groups is 1. The first-order valence-electron chi connectivity index (χ1n) is 9.75. The van der Waals surface area contributed by atoms with Gasteiger partial charge in [0.05, 0.1) is 17.7 Å². The van der Waals surface area contributed by atoms with E-state index in [0.29, 0.717) is 0 Å². The van der Waals surface area contributed by atoms with Gasteiger partial charge in [0, 0.05) is 11.8 Å². The van der Waals surface area contributed by atoms with E-state index < -0.39 is 60.3 Å². The highest BCUT2D eigenvalue weighted by molar-refractivity contribution is 7.90. The maximum atomic E-state index is 12.6. The van der Waals surface area contributed by atoms with E-state index >= 15 is 0 Å². The predicted octanol–water partition coefficient (Wildman–Crippen LogP) is 0.0240. The van der Waals surface area contributed by atoms with E-state index in [2.05, 4.69) is 4.98 Å². The zero-order chi connectivity index (χ0) is 23.6. The molecule has 4 N–H and O–H groups in total. The third-order valence-corrected chi connectivity index (χ3v) is 11.8. The highest BCUT2D eigenvalue weighted by Gasteiger charge is 2.66. The number of rotatable bonds is 4. The first kappa shape index (κ1) is 23.9. The van der Waals surface area contributed by atoms with Gasteiger partial charge in [-0.3, -0.25) is 14.3 Å². The van der Waals surface area contributed by atoms with E-state index in [1.807, 2.05) is 33.9 Å². The van der Waals surface area contributed by atoms with Crippen molar-refractivity contribution in [2.45, 2.75) is 69.9 Å². The zero-order valence-electron chi connectivity index (χ0n) is 18.3. The normalized spacial score (nSPS) is 30.7. The van der Waals surface area contributed by atoms with Gasteiger partial charge in [-0.05, 0) is 25.1 Å². The molecular formula is C18H29N3O8SSi. The van der Waals surface area contributed by atoms with Crippen molar-refractivity contribution in [3.63, 3.8) is 0 Å². The van der Waals surface area contributed by atoms with Crippen LogP contribution in [0.3, 0.4) is 0 Å². The fourth-order valence-corrected chi connectivity index (χ4v) is 6.01. The quantitative estimate of drug-likeness (QED) is 0.402. The Bertz CT molecular complexity index is 1130. The van der Waals surface area contributed by atoms with Gasteiger partial charge >= 0.3 is 5.69 Å². The smallest absolute Gasteiger partial charge is 0.330 e. The molecule has 3 heterocycles. The van der Waals surface area contributed by atoms with Crippen molar-refractivity contribution < 1.29 is 26.9 Å². The summed E-state index contributed by atoms with van der Waals surface area (Å²) < 4.78 is 43.6. The number of H-pyrrole nitrogens is 1. The van der Waals surface area contributed by atoms with Crippen LogP contribution in [0.1, 0.15) is 32.6 Å². The molecule has 0 aromatic carbocycles. The van der Waals surface area contributed by atoms with Crippen molar-refractivity contribution in [3.05, 3.63) is 43.7 Å². The Hall–Kier alpha value is -1.77. The van der Waals surface area contributed by atoms with E-state index in [1.165, 1.54) is 13.1 Å². The van der Waals surface area contributed by atoms with Crippen molar-refractivity contribution in [3.8, 4) is 0 Å². The van der Waals surface area contributed by atoms with Crippen LogP contribution < -0.4 is 17.0 Å². The van der Waals surface area contributed by atoms with Gasteiger partial charge in [0.1, 0.15) is 12.2 Å². The molecule has 13 heteroatoms. The molecular weight excluding hydrogens is 446 g/mol. The summed E-state index contributed by atoms with van der Waals surface area (Å²) in [5.41, 5.74) is 2.97. The maximum Gasteiger partial charge on any atom is 0.330 e. The second-order valence-electron chi connectivity index (χ2n) is 9.42. The number of nitrogens with two attached hydrogens (primary N) is 1. The van der Waals surface area contributed by atoms with Crippen molar-refractivity contribution in [1.82, 2.24) is 9.55 Å². The molecule has 0 aliphatic carbocycles. The summed E-state index contributed by atoms with van der Waals surface area (Å²) in [6.07, 6.45) is -2.35. The van der Waals surface area contributed by atoms with E-state index in [9.17, 15) is 23.1 Å². The molecule has 0 radical (unpaired) electrons. The van der Waals surface area contributed by atoms with Gasteiger partial charge in [0.15, 0.2) is 20.1 Å². The molecule has 3 rings (SSSR count). The summed E-state index contributed by atoms with van der Waals surface area (Å²) in [6, 6.07) is 0. The van der Waals surface area contributed by atoms with Crippen LogP contribution in [0.25, 0.3) is 0 Å². The van der Waals surface area contributed by atoms with Crippen LogP contribution in [0.2, 0.25) is 18.1 Å². The summed E-state index contributed by atoms with van der Waals surface area (Å²) in [4.78, 5) is 26.7. The van der Waals surface area contributed by atoms with Crippen LogP contribution in [-0.2, 0) is 23.5 Å². The topological polar surface area (TPSA) is 163 Å². The Kier molecular flexibility index (Phi) is 5.69. The second kappa shape index (κ2) is 7.39. The molecule has 0 unspecified atom stereocenters. The van der Waals surface area contributed by atoms with Crippen LogP contribution in [-0.4, -0.2) is 55.8 Å². The minimum atomic E-state index is -4.17. The highest BCUT2D eigenvalue weighted by atomic mass is 32.2. The van der Waals surface area contributed by atoms with Gasteiger partial charge in [-0.2, -0.15) is 8.42 Å². The largest absolute Gasteiger partial charge is 0.406 e. The predicted molar refractivity (Wildman–Crippen MR) is 114 cm³/mol. The summed E-state index contributed by atoms with van der Waals surface area (Å²) in [7, 11) is -6.78. The molecule has 11 nitrogen and oxygen atoms in total. The van der Waals surface area contributed by atoms with Crippen LogP contribution in [0.5, 0.6) is 0 Å². The molecule has 4 atom stereocenters. The molecule has 2 aliphatic rings. The van der Waals surface area contributed by atoms with Crippen molar-refractivity contribution in [1.29, 1.82) is 0 Å². The number of aryl methyl sites for hydroxylation is 1. The van der Waals surface area contributed by atoms with Crippen LogP contribution in [0.4, 0.5) is 0 Å². The van der Waals surface area contributed by atoms with Crippen molar-refractivity contribution in [2.24, 2.45) is 5.73 Å². The number of aromatic amines is 1. The minimum absolute atomic E-state index is 0.188. The van der Waals surface area contributed by atoms with Crippen LogP contribution in [0, 0.1) is 6.92 Å². The minimum Gasteiger partial charge on any atom is -0.406 e. The molecule has 31 heavy (non-hydrogen) atoms. The highest BCUT2D eigenvalue weighted by Crippen LogP contribution is 2.51. The number of ether oxygens (including phenoxy) is 1. The molecule has 174 valence electrons. The molecule has 1 saturated heterocycles. The molecule has 0 amide bonds. The second-order valence-corrected chi connectivity index (χ2v) is 15.6. The number of hydrogen-bond acceptors (Lipinski definition) is 9. The van der Waals surface area contributed by atoms with Crippen LogP contribution >= 0.6 is 0 Å². The van der Waals surface area contributed by atoms with E-state index in [-0.39, 0.29) is 16.3 Å². The van der Waals surface area contributed by atoms with Gasteiger partial charge in [-0.1, -0.05) is 20.8 Å². The van der Waals surface area contributed by atoms with Gasteiger partial charge in [0.25, 0.3) is 15.7 Å². The SMILES string of the molecule is Cc1cn([C@@H]2O[C@H](CO)[C@@]3(OS(=O)(=O)C=C3N)[C@H]2O[Si](C)(C)C(C)(C)C)c(=O)[nH]c1=O. The number of aliphatic hydroxyl groups excluding tert-OH is 1. The molecule has 1 aromatic rings. The number of hydrogen-bond donors (Lipinski definition) is 3. The zero-order valence-corrected chi connectivity index (χ0v) is 20.1. The Morgan fingerprint density at radius 2 is 1.97 bits per heavy atom. The first-order chi connectivity index (χ1) is 14.1. The van der Waals surface area contributed by atoms with E-state index in [1.54, 1.807) is 0 Å². The standard InChI is InChI=1S/C18H29N3O8SSi/c1-10-7-21(16(24)20-14(10)23)15-13(28-31(5,6)17(2,3)4)18(12(8-22)27-15)11(19)9-30(25,26)29-18/h7,9,12-13,15,22H,8,19H2,1-6H3,(H,20,23,24)/t12-,13+,15-,18-/m1/s1. The fourth-order valence-electron chi connectivity index (χ4n) is 3.50. The lowest BCUT2D eigenvalue weighted by Gasteiger charge is -2.43. The Morgan fingerprint density at radius 3 is 2.45 bits per heavy atom. The van der Waals surface area contributed by atoms with Crippen molar-refractivity contribution >= 4 is 18.4 Å². The lowest BCUT2D eigenvalue weighted by molar-refractivity contribution is -0.0588. The third-order valence-electron chi connectivity index (χ3n) is 6.25. The maximum absolute atomic E-state index is 12.6. The van der Waals surface area contributed by atoms with Gasteiger partial charge in [-0.25, -0.2) is 8.98 Å². The molecule has 2 aliphatic heterocycles. The Morgan fingerprint density at radius 1 is 1.35 bits per heavy atom. The summed E-state index contributed by atoms with van der Waals surface area (Å²) >= 11 is 0. The lowest BCUT2D eigenvalue weighted by atomic mass is 9.89. The molecule has 1 spiro atoms. The molecule has 0 bridgehead atoms. The molecule has 0 saturated carbocycles. The third kappa shape index (κ3) is 3.83. The van der Waals surface area contributed by atoms with Crippen LogP contribution in [0.15, 0.2) is 26.9 Å². The average molecular weight is 476 g/mol. The van der Waals surface area contributed by atoms with Gasteiger partial charge < -0.3 is 20.0 Å². The number of aromatic nitrogens is 2. The number of nitrogens with zero attached hydrogens (tertiary/aromatic N) is 1. The van der Waals surface area contributed by atoms with E-state index in [4.69, 9.17) is 19.1 Å². The monoisotopic (exact) mass is 475 g/mol. The average Bonchev–Trinajstić information content (AvgIpc) is 3.03. The van der Waals surface area contributed by atoms with E-state index in [0.717, 1.165) is 9.98 Å². The Labute approximate surface area is 181 Å². The summed E-state index contributed by atoms with van der Waals surface area (Å²) in [5, 5.41) is 10.5. The fraction of sp³-hybridized carbons (Fsp3) is 0.667. The number of nitrogens with one attached hydrogen (secondary N) is 1. The summed E-state index contributed by atoms with van der Waals surface area (Å²) in [6.45, 7) is 10.7. The lowest BCUT2D eigenvalue weighted by Crippen LogP contribution is -2.58. The van der Waals surface area contributed by atoms with Gasteiger partial charge in [0.2, 0.25) is 0 Å².